The Bertz CT molecular complexity index is 572. The number of aromatic nitrogens is 2. The zero-order valence-corrected chi connectivity index (χ0v) is 11.6. The van der Waals surface area contributed by atoms with Crippen LogP contribution in [0.3, 0.4) is 0 Å². The Balaban J connectivity index is 1.61. The molecular weight excluding hydrogens is 252 g/mol. The van der Waals surface area contributed by atoms with Crippen LogP contribution in [0.5, 0.6) is 0 Å². The van der Waals surface area contributed by atoms with Crippen molar-refractivity contribution in [2.75, 3.05) is 18.8 Å². The SMILES string of the molecule is CCc1ccc(C(O)N2CC(n3ccc(N)n3)C2)cc1. The van der Waals surface area contributed by atoms with Crippen molar-refractivity contribution in [2.45, 2.75) is 25.6 Å². The number of aryl methyl sites for hydroxylation is 1. The molecule has 1 unspecified atom stereocenters. The number of nitrogens with two attached hydrogens (primary N) is 1. The van der Waals surface area contributed by atoms with Gasteiger partial charge in [0.15, 0.2) is 0 Å². The van der Waals surface area contributed by atoms with E-state index in [4.69, 9.17) is 5.73 Å². The molecule has 5 nitrogen and oxygen atoms in total. The molecule has 1 saturated heterocycles. The topological polar surface area (TPSA) is 67.3 Å². The van der Waals surface area contributed by atoms with Crippen molar-refractivity contribution in [1.29, 1.82) is 0 Å². The van der Waals surface area contributed by atoms with Gasteiger partial charge in [-0.2, -0.15) is 5.10 Å². The van der Waals surface area contributed by atoms with E-state index >= 15 is 0 Å². The molecular formula is C15H20N4O. The molecule has 2 heterocycles. The highest BCUT2D eigenvalue weighted by atomic mass is 16.3. The zero-order valence-electron chi connectivity index (χ0n) is 11.6. The predicted molar refractivity (Wildman–Crippen MR) is 78.0 cm³/mol. The molecule has 1 aromatic heterocycles. The van der Waals surface area contributed by atoms with Gasteiger partial charge in [0.1, 0.15) is 12.0 Å². The number of likely N-dealkylation sites (tertiary alicyclic amines) is 1. The molecule has 3 N–H and O–H groups in total. The second-order valence-electron chi connectivity index (χ2n) is 5.30. The van der Waals surface area contributed by atoms with E-state index in [1.54, 1.807) is 6.07 Å². The van der Waals surface area contributed by atoms with Gasteiger partial charge >= 0.3 is 0 Å². The van der Waals surface area contributed by atoms with Crippen molar-refractivity contribution in [2.24, 2.45) is 0 Å². The number of benzene rings is 1. The number of aliphatic hydroxyl groups is 1. The van der Waals surface area contributed by atoms with Crippen molar-refractivity contribution in [1.82, 2.24) is 14.7 Å². The van der Waals surface area contributed by atoms with Crippen LogP contribution in [0.1, 0.15) is 30.3 Å². The minimum absolute atomic E-state index is 0.303. The summed E-state index contributed by atoms with van der Waals surface area (Å²) in [5.41, 5.74) is 7.84. The molecule has 0 spiro atoms. The Kier molecular flexibility index (Phi) is 3.46. The van der Waals surface area contributed by atoms with Crippen molar-refractivity contribution >= 4 is 5.82 Å². The minimum Gasteiger partial charge on any atom is -0.382 e. The highest BCUT2D eigenvalue weighted by Gasteiger charge is 2.33. The lowest BCUT2D eigenvalue weighted by Gasteiger charge is -2.42. The molecule has 2 aromatic rings. The fourth-order valence-electron chi connectivity index (χ4n) is 2.55. The molecule has 3 rings (SSSR count). The molecule has 1 atom stereocenters. The van der Waals surface area contributed by atoms with Crippen LogP contribution >= 0.6 is 0 Å². The van der Waals surface area contributed by atoms with E-state index in [0.717, 1.165) is 25.1 Å². The maximum atomic E-state index is 10.3. The summed E-state index contributed by atoms with van der Waals surface area (Å²) in [4.78, 5) is 2.03. The number of anilines is 1. The van der Waals surface area contributed by atoms with Crippen LogP contribution in [0.2, 0.25) is 0 Å². The first-order chi connectivity index (χ1) is 9.67. The van der Waals surface area contributed by atoms with Crippen molar-refractivity contribution in [3.63, 3.8) is 0 Å². The molecule has 0 radical (unpaired) electrons. The summed E-state index contributed by atoms with van der Waals surface area (Å²) in [6, 6.07) is 10.2. The van der Waals surface area contributed by atoms with Gasteiger partial charge in [0.25, 0.3) is 0 Å². The minimum atomic E-state index is -0.537. The van der Waals surface area contributed by atoms with Gasteiger partial charge in [0.2, 0.25) is 0 Å². The molecule has 1 aliphatic rings. The van der Waals surface area contributed by atoms with E-state index in [9.17, 15) is 5.11 Å². The van der Waals surface area contributed by atoms with Gasteiger partial charge in [-0.25, -0.2) is 0 Å². The van der Waals surface area contributed by atoms with E-state index in [1.807, 2.05) is 27.9 Å². The molecule has 0 saturated carbocycles. The third kappa shape index (κ3) is 2.42. The molecule has 0 aliphatic carbocycles. The third-order valence-electron chi connectivity index (χ3n) is 3.93. The van der Waals surface area contributed by atoms with Gasteiger partial charge in [-0.1, -0.05) is 31.2 Å². The summed E-state index contributed by atoms with van der Waals surface area (Å²) in [5, 5.41) is 14.6. The smallest absolute Gasteiger partial charge is 0.145 e. The third-order valence-corrected chi connectivity index (χ3v) is 3.93. The van der Waals surface area contributed by atoms with Crippen LogP contribution in [0, 0.1) is 0 Å². The van der Waals surface area contributed by atoms with E-state index < -0.39 is 6.23 Å². The molecule has 20 heavy (non-hydrogen) atoms. The summed E-state index contributed by atoms with van der Waals surface area (Å²) in [5.74, 6) is 0.541. The van der Waals surface area contributed by atoms with Gasteiger partial charge in [-0.15, -0.1) is 0 Å². The van der Waals surface area contributed by atoms with Gasteiger partial charge in [-0.05, 0) is 23.6 Å². The van der Waals surface area contributed by atoms with Crippen LogP contribution in [0.4, 0.5) is 5.82 Å². The number of hydrogen-bond acceptors (Lipinski definition) is 4. The first kappa shape index (κ1) is 13.1. The lowest BCUT2D eigenvalue weighted by molar-refractivity contribution is -0.0651. The van der Waals surface area contributed by atoms with Gasteiger partial charge in [0.05, 0.1) is 6.04 Å². The Hall–Kier alpha value is -1.85. The van der Waals surface area contributed by atoms with Crippen molar-refractivity contribution < 1.29 is 5.11 Å². The Morgan fingerprint density at radius 1 is 1.30 bits per heavy atom. The van der Waals surface area contributed by atoms with Crippen LogP contribution in [0.25, 0.3) is 0 Å². The van der Waals surface area contributed by atoms with Gasteiger partial charge < -0.3 is 10.8 Å². The summed E-state index contributed by atoms with van der Waals surface area (Å²) in [7, 11) is 0. The lowest BCUT2D eigenvalue weighted by Crippen LogP contribution is -2.49. The van der Waals surface area contributed by atoms with Crippen LogP contribution < -0.4 is 5.73 Å². The predicted octanol–water partition coefficient (Wildman–Crippen LogP) is 1.58. The molecule has 1 fully saturated rings. The van der Waals surface area contributed by atoms with Gasteiger partial charge in [0, 0.05) is 19.3 Å². The van der Waals surface area contributed by atoms with E-state index in [2.05, 4.69) is 24.2 Å². The highest BCUT2D eigenvalue weighted by molar-refractivity contribution is 5.25. The normalized spacial score (nSPS) is 17.9. The second-order valence-corrected chi connectivity index (χ2v) is 5.30. The molecule has 106 valence electrons. The summed E-state index contributed by atoms with van der Waals surface area (Å²) < 4.78 is 1.87. The van der Waals surface area contributed by atoms with E-state index in [0.29, 0.717) is 11.9 Å². The Labute approximate surface area is 118 Å². The fourth-order valence-corrected chi connectivity index (χ4v) is 2.55. The molecule has 1 aliphatic heterocycles. The zero-order chi connectivity index (χ0) is 14.1. The monoisotopic (exact) mass is 272 g/mol. The first-order valence-corrected chi connectivity index (χ1v) is 6.99. The lowest BCUT2D eigenvalue weighted by atomic mass is 10.0. The maximum absolute atomic E-state index is 10.3. The molecule has 0 bridgehead atoms. The Morgan fingerprint density at radius 3 is 2.55 bits per heavy atom. The number of nitrogen functional groups attached to an aromatic ring is 1. The largest absolute Gasteiger partial charge is 0.382 e. The van der Waals surface area contributed by atoms with Crippen LogP contribution in [-0.2, 0) is 6.42 Å². The average molecular weight is 272 g/mol. The van der Waals surface area contributed by atoms with Crippen LogP contribution in [-0.4, -0.2) is 32.9 Å². The second kappa shape index (κ2) is 5.26. The van der Waals surface area contributed by atoms with Crippen molar-refractivity contribution in [3.8, 4) is 0 Å². The van der Waals surface area contributed by atoms with Gasteiger partial charge in [-0.3, -0.25) is 9.58 Å². The number of nitrogens with zero attached hydrogens (tertiary/aromatic N) is 3. The maximum Gasteiger partial charge on any atom is 0.145 e. The van der Waals surface area contributed by atoms with Crippen LogP contribution in [0.15, 0.2) is 36.5 Å². The Morgan fingerprint density at radius 2 is 2.00 bits per heavy atom. The molecule has 5 heteroatoms. The number of rotatable bonds is 4. The molecule has 0 amide bonds. The summed E-state index contributed by atoms with van der Waals surface area (Å²) in [6.07, 6.45) is 2.37. The number of hydrogen-bond donors (Lipinski definition) is 2. The number of aliphatic hydroxyl groups excluding tert-OH is 1. The fraction of sp³-hybridized carbons (Fsp3) is 0.400. The first-order valence-electron chi connectivity index (χ1n) is 6.99. The summed E-state index contributed by atoms with van der Waals surface area (Å²) >= 11 is 0. The quantitative estimate of drug-likeness (QED) is 0.886. The highest BCUT2D eigenvalue weighted by Crippen LogP contribution is 2.29. The van der Waals surface area contributed by atoms with E-state index in [-0.39, 0.29) is 0 Å². The van der Waals surface area contributed by atoms with Crippen molar-refractivity contribution in [3.05, 3.63) is 47.7 Å². The standard InChI is InChI=1S/C15H20N4O/c1-2-11-3-5-12(6-4-11)15(20)18-9-13(10-18)19-8-7-14(16)17-19/h3-8,13,15,20H,2,9-10H2,1H3,(H2,16,17). The molecule has 1 aromatic carbocycles. The summed E-state index contributed by atoms with van der Waals surface area (Å²) in [6.45, 7) is 3.71. The average Bonchev–Trinajstić information content (AvgIpc) is 2.83. The van der Waals surface area contributed by atoms with E-state index in [1.165, 1.54) is 5.56 Å².